The summed E-state index contributed by atoms with van der Waals surface area (Å²) in [6.07, 6.45) is 7.26. The van der Waals surface area contributed by atoms with Gasteiger partial charge >= 0.3 is 5.97 Å². The molecule has 7 nitrogen and oxygen atoms in total. The van der Waals surface area contributed by atoms with Crippen molar-refractivity contribution in [2.75, 3.05) is 25.0 Å². The molecule has 0 radical (unpaired) electrons. The van der Waals surface area contributed by atoms with Crippen molar-refractivity contribution in [3.63, 3.8) is 0 Å². The van der Waals surface area contributed by atoms with Crippen molar-refractivity contribution in [2.24, 2.45) is 0 Å². The number of nitrogens with one attached hydrogen (secondary N) is 1. The fourth-order valence-electron chi connectivity index (χ4n) is 3.93. The van der Waals surface area contributed by atoms with Crippen molar-refractivity contribution in [1.82, 2.24) is 15.1 Å². The van der Waals surface area contributed by atoms with Gasteiger partial charge in [0.1, 0.15) is 11.4 Å². The van der Waals surface area contributed by atoms with E-state index in [9.17, 15) is 9.90 Å². The molecule has 0 aliphatic carbocycles. The number of aromatic nitrogens is 2. The maximum atomic E-state index is 11.0. The van der Waals surface area contributed by atoms with Crippen molar-refractivity contribution in [3.05, 3.63) is 48.0 Å². The predicted molar refractivity (Wildman–Crippen MR) is 123 cm³/mol. The van der Waals surface area contributed by atoms with Gasteiger partial charge in [-0.3, -0.25) is 9.69 Å². The third kappa shape index (κ3) is 4.88. The minimum Gasteiger partial charge on any atom is -0.507 e. The molecule has 8 heteroatoms. The first-order valence-electron chi connectivity index (χ1n) is 9.81. The van der Waals surface area contributed by atoms with Crippen LogP contribution in [-0.4, -0.2) is 57.0 Å². The SMILES string of the molecule is C#Cc1ccc(-c2nnc(NC3CCCN(CC(=O)O)C3)c3ccccc23)c(O)c1.Cl. The second-order valence-corrected chi connectivity index (χ2v) is 7.43. The first-order chi connectivity index (χ1) is 14.5. The van der Waals surface area contributed by atoms with Crippen LogP contribution in [0.5, 0.6) is 5.75 Å². The molecule has 1 aliphatic heterocycles. The van der Waals surface area contributed by atoms with E-state index in [0.717, 1.165) is 30.2 Å². The number of terminal acetylenes is 1. The summed E-state index contributed by atoms with van der Waals surface area (Å²) in [7, 11) is 0. The van der Waals surface area contributed by atoms with Gasteiger partial charge in [-0.1, -0.05) is 30.2 Å². The topological polar surface area (TPSA) is 98.6 Å². The average molecular weight is 439 g/mol. The van der Waals surface area contributed by atoms with E-state index in [2.05, 4.69) is 21.4 Å². The van der Waals surface area contributed by atoms with Crippen LogP contribution in [0.1, 0.15) is 18.4 Å². The molecule has 31 heavy (non-hydrogen) atoms. The van der Waals surface area contributed by atoms with E-state index in [0.29, 0.717) is 29.2 Å². The normalized spacial score (nSPS) is 16.3. The summed E-state index contributed by atoms with van der Waals surface area (Å²) < 4.78 is 0. The quantitative estimate of drug-likeness (QED) is 0.525. The van der Waals surface area contributed by atoms with E-state index in [-0.39, 0.29) is 30.7 Å². The first-order valence-corrected chi connectivity index (χ1v) is 9.81. The van der Waals surface area contributed by atoms with Gasteiger partial charge < -0.3 is 15.5 Å². The summed E-state index contributed by atoms with van der Waals surface area (Å²) in [6.45, 7) is 1.46. The molecule has 1 saturated heterocycles. The zero-order valence-corrected chi connectivity index (χ0v) is 17.6. The average Bonchev–Trinajstić information content (AvgIpc) is 2.74. The van der Waals surface area contributed by atoms with Crippen LogP contribution < -0.4 is 5.32 Å². The smallest absolute Gasteiger partial charge is 0.317 e. The molecule has 0 bridgehead atoms. The number of aromatic hydroxyl groups is 1. The second-order valence-electron chi connectivity index (χ2n) is 7.43. The number of rotatable bonds is 5. The summed E-state index contributed by atoms with van der Waals surface area (Å²) in [5.41, 5.74) is 1.73. The Hall–Kier alpha value is -3.34. The molecule has 160 valence electrons. The molecular weight excluding hydrogens is 416 g/mol. The molecule has 2 heterocycles. The second kappa shape index (κ2) is 9.65. The number of aliphatic carboxylic acids is 1. The minimum absolute atomic E-state index is 0. The highest BCUT2D eigenvalue weighted by Gasteiger charge is 2.23. The number of phenolic OH excluding ortho intramolecular Hbond substituents is 1. The van der Waals surface area contributed by atoms with Gasteiger partial charge in [0.05, 0.1) is 6.54 Å². The number of nitrogens with zero attached hydrogens (tertiary/aromatic N) is 3. The molecule has 0 spiro atoms. The minimum atomic E-state index is -0.819. The summed E-state index contributed by atoms with van der Waals surface area (Å²) >= 11 is 0. The Balaban J connectivity index is 0.00000272. The monoisotopic (exact) mass is 438 g/mol. The van der Waals surface area contributed by atoms with Crippen LogP contribution in [-0.2, 0) is 4.79 Å². The van der Waals surface area contributed by atoms with Crippen LogP contribution in [0.15, 0.2) is 42.5 Å². The number of halogens is 1. The molecule has 0 saturated carbocycles. The number of carboxylic acid groups (broad SMARTS) is 1. The van der Waals surface area contributed by atoms with Crippen LogP contribution in [0, 0.1) is 12.3 Å². The van der Waals surface area contributed by atoms with Crippen LogP contribution in [0.4, 0.5) is 5.82 Å². The Morgan fingerprint density at radius 2 is 2.00 bits per heavy atom. The molecule has 0 amide bonds. The highest BCUT2D eigenvalue weighted by Crippen LogP contribution is 2.35. The standard InChI is InChI=1S/C23H22N4O3.ClH/c1-2-15-9-10-19(20(28)12-15)22-17-7-3-4-8-18(17)23(26-25-22)24-16-6-5-11-27(13-16)14-21(29)30;/h1,3-4,7-10,12,16,28H,5-6,11,13-14H2,(H,24,26)(H,29,30);1H. The van der Waals surface area contributed by atoms with Crippen molar-refractivity contribution in [3.8, 4) is 29.4 Å². The number of benzene rings is 2. The lowest BCUT2D eigenvalue weighted by Crippen LogP contribution is -2.44. The molecule has 2 aromatic carbocycles. The highest BCUT2D eigenvalue weighted by molar-refractivity contribution is 6.01. The third-order valence-electron chi connectivity index (χ3n) is 5.31. The molecule has 3 N–H and O–H groups in total. The van der Waals surface area contributed by atoms with Crippen LogP contribution in [0.2, 0.25) is 0 Å². The Kier molecular flexibility index (Phi) is 6.95. The van der Waals surface area contributed by atoms with E-state index >= 15 is 0 Å². The number of carbonyl (C=O) groups is 1. The van der Waals surface area contributed by atoms with Crippen LogP contribution in [0.3, 0.4) is 0 Å². The number of hydrogen-bond donors (Lipinski definition) is 3. The predicted octanol–water partition coefficient (Wildman–Crippen LogP) is 3.37. The lowest BCUT2D eigenvalue weighted by molar-refractivity contribution is -0.138. The maximum Gasteiger partial charge on any atom is 0.317 e. The molecule has 1 fully saturated rings. The molecular formula is C23H23ClN4O3. The zero-order valence-electron chi connectivity index (χ0n) is 16.8. The Morgan fingerprint density at radius 1 is 1.23 bits per heavy atom. The number of piperidine rings is 1. The van der Waals surface area contributed by atoms with E-state index in [1.165, 1.54) is 6.07 Å². The summed E-state index contributed by atoms with van der Waals surface area (Å²) in [6, 6.07) is 12.9. The number of hydrogen-bond acceptors (Lipinski definition) is 6. The van der Waals surface area contributed by atoms with Gasteiger partial charge in [0.15, 0.2) is 5.82 Å². The molecule has 1 unspecified atom stereocenters. The van der Waals surface area contributed by atoms with Gasteiger partial charge in [-0.25, -0.2) is 0 Å². The Labute approximate surface area is 186 Å². The molecule has 1 aromatic heterocycles. The van der Waals surface area contributed by atoms with Crippen molar-refractivity contribution >= 4 is 35.0 Å². The van der Waals surface area contributed by atoms with Gasteiger partial charge in [0, 0.05) is 34.5 Å². The lowest BCUT2D eigenvalue weighted by atomic mass is 10.0. The number of phenols is 1. The fourth-order valence-corrected chi connectivity index (χ4v) is 3.93. The van der Waals surface area contributed by atoms with Crippen molar-refractivity contribution in [2.45, 2.75) is 18.9 Å². The van der Waals surface area contributed by atoms with Gasteiger partial charge in [-0.15, -0.1) is 29.0 Å². The van der Waals surface area contributed by atoms with E-state index in [1.54, 1.807) is 12.1 Å². The summed E-state index contributed by atoms with van der Waals surface area (Å²) in [4.78, 5) is 13.0. The Morgan fingerprint density at radius 3 is 2.71 bits per heavy atom. The summed E-state index contributed by atoms with van der Waals surface area (Å²) in [5, 5.41) is 33.5. The van der Waals surface area contributed by atoms with Gasteiger partial charge in [0.2, 0.25) is 0 Å². The first kappa shape index (κ1) is 22.3. The number of carboxylic acids is 1. The largest absolute Gasteiger partial charge is 0.507 e. The molecule has 1 atom stereocenters. The molecule has 3 aromatic rings. The van der Waals surface area contributed by atoms with E-state index < -0.39 is 5.97 Å². The van der Waals surface area contributed by atoms with Crippen LogP contribution in [0.25, 0.3) is 22.0 Å². The molecule has 1 aliphatic rings. The van der Waals surface area contributed by atoms with Gasteiger partial charge in [-0.2, -0.15) is 0 Å². The Bertz CT molecular complexity index is 1150. The van der Waals surface area contributed by atoms with Gasteiger partial charge in [-0.05, 0) is 37.6 Å². The number of fused-ring (bicyclic) bond motifs is 1. The maximum absolute atomic E-state index is 11.0. The van der Waals surface area contributed by atoms with Crippen LogP contribution >= 0.6 is 12.4 Å². The van der Waals surface area contributed by atoms with E-state index in [4.69, 9.17) is 11.5 Å². The lowest BCUT2D eigenvalue weighted by Gasteiger charge is -2.32. The third-order valence-corrected chi connectivity index (χ3v) is 5.31. The van der Waals surface area contributed by atoms with Crippen molar-refractivity contribution in [1.29, 1.82) is 0 Å². The highest BCUT2D eigenvalue weighted by atomic mass is 35.5. The van der Waals surface area contributed by atoms with Gasteiger partial charge in [0.25, 0.3) is 0 Å². The number of likely N-dealkylation sites (tertiary alicyclic amines) is 1. The van der Waals surface area contributed by atoms with E-state index in [1.807, 2.05) is 29.2 Å². The molecule has 4 rings (SSSR count). The summed E-state index contributed by atoms with van der Waals surface area (Å²) in [5.74, 6) is 2.40. The zero-order chi connectivity index (χ0) is 21.1. The number of anilines is 1. The van der Waals surface area contributed by atoms with Crippen molar-refractivity contribution < 1.29 is 15.0 Å². The fraction of sp³-hybridized carbons (Fsp3) is 0.261.